The molecular formula is C15H28O3. The van der Waals surface area contributed by atoms with Gasteiger partial charge < -0.3 is 5.11 Å². The first kappa shape index (κ1) is 17.3. The summed E-state index contributed by atoms with van der Waals surface area (Å²) in [6.45, 7) is 11.0. The van der Waals surface area contributed by atoms with Gasteiger partial charge in [-0.3, -0.25) is 9.59 Å². The van der Waals surface area contributed by atoms with Gasteiger partial charge in [-0.15, -0.1) is 0 Å². The summed E-state index contributed by atoms with van der Waals surface area (Å²) in [4.78, 5) is 23.6. The first-order chi connectivity index (χ1) is 7.99. The monoisotopic (exact) mass is 256 g/mol. The molecule has 0 aliphatic rings. The Bertz CT molecular complexity index is 299. The molecule has 18 heavy (non-hydrogen) atoms. The maximum atomic E-state index is 12.3. The lowest BCUT2D eigenvalue weighted by Gasteiger charge is -2.32. The van der Waals surface area contributed by atoms with E-state index < -0.39 is 11.0 Å². The van der Waals surface area contributed by atoms with Crippen LogP contribution in [0.1, 0.15) is 67.2 Å². The summed E-state index contributed by atoms with van der Waals surface area (Å²) in [6, 6.07) is 0. The van der Waals surface area contributed by atoms with E-state index in [-0.39, 0.29) is 18.0 Å². The van der Waals surface area contributed by atoms with Crippen molar-refractivity contribution in [1.82, 2.24) is 0 Å². The van der Waals surface area contributed by atoms with Crippen molar-refractivity contribution in [1.29, 1.82) is 0 Å². The summed E-state index contributed by atoms with van der Waals surface area (Å²) in [5.74, 6) is 0.171. The third-order valence-electron chi connectivity index (χ3n) is 3.02. The highest BCUT2D eigenvalue weighted by Gasteiger charge is 2.42. The number of aliphatic hydroxyl groups is 1. The van der Waals surface area contributed by atoms with Crippen LogP contribution < -0.4 is 0 Å². The maximum Gasteiger partial charge on any atom is 0.170 e. The lowest BCUT2D eigenvalue weighted by atomic mass is 9.75. The number of Topliss-reactive ketones (excluding diaryl/α,β-unsaturated/α-hetero) is 2. The van der Waals surface area contributed by atoms with Gasteiger partial charge in [-0.05, 0) is 25.7 Å². The topological polar surface area (TPSA) is 54.4 Å². The molecular weight excluding hydrogens is 228 g/mol. The van der Waals surface area contributed by atoms with E-state index in [9.17, 15) is 14.7 Å². The van der Waals surface area contributed by atoms with Crippen LogP contribution in [0.2, 0.25) is 0 Å². The van der Waals surface area contributed by atoms with Crippen LogP contribution in [0.4, 0.5) is 0 Å². The van der Waals surface area contributed by atoms with Crippen molar-refractivity contribution in [2.45, 2.75) is 72.8 Å². The molecule has 1 atom stereocenters. The van der Waals surface area contributed by atoms with Gasteiger partial charge >= 0.3 is 0 Å². The first-order valence-electron chi connectivity index (χ1n) is 6.76. The molecule has 0 aromatic rings. The normalized spacial score (nSPS) is 15.6. The highest BCUT2D eigenvalue weighted by Crippen LogP contribution is 2.30. The van der Waals surface area contributed by atoms with E-state index in [1.807, 2.05) is 0 Å². The van der Waals surface area contributed by atoms with Crippen LogP contribution in [0.15, 0.2) is 0 Å². The van der Waals surface area contributed by atoms with E-state index >= 15 is 0 Å². The maximum absolute atomic E-state index is 12.3. The minimum Gasteiger partial charge on any atom is -0.382 e. The van der Waals surface area contributed by atoms with Crippen molar-refractivity contribution >= 4 is 11.6 Å². The molecule has 0 rings (SSSR count). The summed E-state index contributed by atoms with van der Waals surface area (Å²) < 4.78 is 0. The number of carbonyl (C=O) groups is 2. The fourth-order valence-electron chi connectivity index (χ4n) is 2.19. The van der Waals surface area contributed by atoms with Crippen molar-refractivity contribution < 1.29 is 14.7 Å². The van der Waals surface area contributed by atoms with Crippen molar-refractivity contribution in [3.8, 4) is 0 Å². The lowest BCUT2D eigenvalue weighted by Crippen LogP contribution is -2.46. The summed E-state index contributed by atoms with van der Waals surface area (Å²) in [5.41, 5.74) is -2.11. The van der Waals surface area contributed by atoms with Gasteiger partial charge in [-0.2, -0.15) is 0 Å². The van der Waals surface area contributed by atoms with Crippen LogP contribution in [0.5, 0.6) is 0 Å². The second-order valence-electron chi connectivity index (χ2n) is 6.78. The Kier molecular flexibility index (Phi) is 6.21. The van der Waals surface area contributed by atoms with Crippen molar-refractivity contribution in [3.63, 3.8) is 0 Å². The van der Waals surface area contributed by atoms with Gasteiger partial charge in [0.15, 0.2) is 5.78 Å². The van der Waals surface area contributed by atoms with E-state index in [4.69, 9.17) is 0 Å². The molecule has 0 saturated heterocycles. The van der Waals surface area contributed by atoms with Crippen LogP contribution in [-0.2, 0) is 9.59 Å². The molecule has 0 bridgehead atoms. The van der Waals surface area contributed by atoms with Gasteiger partial charge in [-0.1, -0.05) is 41.0 Å². The molecule has 0 spiro atoms. The minimum absolute atomic E-state index is 0.0683. The number of ketones is 2. The molecule has 0 aliphatic carbocycles. The number of hydrogen-bond donors (Lipinski definition) is 1. The Morgan fingerprint density at radius 1 is 1.17 bits per heavy atom. The Hall–Kier alpha value is -0.700. The third-order valence-corrected chi connectivity index (χ3v) is 3.02. The van der Waals surface area contributed by atoms with Crippen molar-refractivity contribution in [2.75, 3.05) is 0 Å². The lowest BCUT2D eigenvalue weighted by molar-refractivity contribution is -0.150. The predicted molar refractivity (Wildman–Crippen MR) is 73.4 cm³/mol. The average Bonchev–Trinajstić information content (AvgIpc) is 2.13. The van der Waals surface area contributed by atoms with Gasteiger partial charge in [-0.25, -0.2) is 0 Å². The molecule has 0 unspecified atom stereocenters. The Morgan fingerprint density at radius 2 is 1.67 bits per heavy atom. The number of rotatable bonds is 7. The van der Waals surface area contributed by atoms with E-state index in [0.717, 1.165) is 12.8 Å². The Balaban J connectivity index is 4.83. The standard InChI is InChI=1S/C15H28O3/c1-11(2)8-7-9-15(18,10-12(3)16)13(17)14(4,5)6/h11,18H,7-10H2,1-6H3/t15-/m1/s1. The number of hydrogen-bond acceptors (Lipinski definition) is 3. The fraction of sp³-hybridized carbons (Fsp3) is 0.867. The molecule has 0 aliphatic heterocycles. The summed E-state index contributed by atoms with van der Waals surface area (Å²) in [7, 11) is 0. The summed E-state index contributed by atoms with van der Waals surface area (Å²) in [5, 5.41) is 10.5. The molecule has 106 valence electrons. The predicted octanol–water partition coefficient (Wildman–Crippen LogP) is 3.14. The zero-order valence-corrected chi connectivity index (χ0v) is 12.7. The molecule has 0 fully saturated rings. The average molecular weight is 256 g/mol. The fourth-order valence-corrected chi connectivity index (χ4v) is 2.19. The van der Waals surface area contributed by atoms with E-state index in [1.54, 1.807) is 20.8 Å². The molecule has 3 heteroatoms. The Labute approximate surface area is 111 Å². The van der Waals surface area contributed by atoms with Gasteiger partial charge in [0.1, 0.15) is 11.4 Å². The highest BCUT2D eigenvalue weighted by atomic mass is 16.3. The van der Waals surface area contributed by atoms with Crippen LogP contribution in [0.25, 0.3) is 0 Å². The largest absolute Gasteiger partial charge is 0.382 e. The molecule has 0 saturated carbocycles. The third kappa shape index (κ3) is 5.76. The Morgan fingerprint density at radius 3 is 2.00 bits per heavy atom. The number of carbonyl (C=O) groups excluding carboxylic acids is 2. The van der Waals surface area contributed by atoms with Gasteiger partial charge in [0.05, 0.1) is 0 Å². The minimum atomic E-state index is -1.49. The van der Waals surface area contributed by atoms with E-state index in [0.29, 0.717) is 12.3 Å². The molecule has 0 aromatic heterocycles. The quantitative estimate of drug-likeness (QED) is 0.761. The molecule has 0 aromatic carbocycles. The second kappa shape index (κ2) is 6.46. The van der Waals surface area contributed by atoms with Gasteiger partial charge in [0.2, 0.25) is 0 Å². The molecule has 0 amide bonds. The zero-order chi connectivity index (χ0) is 14.6. The van der Waals surface area contributed by atoms with Gasteiger partial charge in [0, 0.05) is 11.8 Å². The highest BCUT2D eigenvalue weighted by molar-refractivity contribution is 5.95. The van der Waals surface area contributed by atoms with Gasteiger partial charge in [0.25, 0.3) is 0 Å². The van der Waals surface area contributed by atoms with Crippen LogP contribution in [-0.4, -0.2) is 22.3 Å². The molecule has 0 radical (unpaired) electrons. The van der Waals surface area contributed by atoms with Crippen molar-refractivity contribution in [2.24, 2.45) is 11.3 Å². The molecule has 0 heterocycles. The zero-order valence-electron chi connectivity index (χ0n) is 12.7. The second-order valence-corrected chi connectivity index (χ2v) is 6.78. The van der Waals surface area contributed by atoms with Crippen LogP contribution >= 0.6 is 0 Å². The van der Waals surface area contributed by atoms with Crippen molar-refractivity contribution in [3.05, 3.63) is 0 Å². The van der Waals surface area contributed by atoms with Crippen LogP contribution in [0.3, 0.4) is 0 Å². The summed E-state index contributed by atoms with van der Waals surface area (Å²) in [6.07, 6.45) is 2.03. The van der Waals surface area contributed by atoms with E-state index in [1.165, 1.54) is 6.92 Å². The van der Waals surface area contributed by atoms with E-state index in [2.05, 4.69) is 13.8 Å². The summed E-state index contributed by atoms with van der Waals surface area (Å²) >= 11 is 0. The smallest absolute Gasteiger partial charge is 0.170 e. The molecule has 3 nitrogen and oxygen atoms in total. The molecule has 1 N–H and O–H groups in total. The van der Waals surface area contributed by atoms with Crippen LogP contribution in [0, 0.1) is 11.3 Å². The SMILES string of the molecule is CC(=O)C[C@](O)(CCCC(C)C)C(=O)C(C)(C)C. The first-order valence-corrected chi connectivity index (χ1v) is 6.76.